The largest absolute Gasteiger partial charge is 0.456 e. The molecule has 1 aliphatic heterocycles. The molecule has 11 atom stereocenters. The van der Waals surface area contributed by atoms with E-state index in [0.717, 1.165) is 5.57 Å². The highest BCUT2D eigenvalue weighted by Gasteiger charge is 2.78. The Hall–Kier alpha value is -4.42. The lowest BCUT2D eigenvalue weighted by Crippen LogP contribution is -2.82. The number of carbonyl (C=O) groups is 6. The van der Waals surface area contributed by atoms with Crippen LogP contribution < -0.4 is 5.32 Å². The van der Waals surface area contributed by atoms with Gasteiger partial charge in [-0.15, -0.1) is 0 Å². The second-order valence-corrected chi connectivity index (χ2v) is 27.8. The van der Waals surface area contributed by atoms with Crippen LogP contribution in [0.5, 0.6) is 0 Å². The summed E-state index contributed by atoms with van der Waals surface area (Å²) in [5.41, 5.74) is -7.50. The number of amides is 1. The van der Waals surface area contributed by atoms with Crippen molar-refractivity contribution in [2.75, 3.05) is 6.61 Å². The molecule has 1 amide bonds. The Morgan fingerprint density at radius 2 is 1.56 bits per heavy atom. The van der Waals surface area contributed by atoms with Crippen molar-refractivity contribution >= 4 is 44.1 Å². The van der Waals surface area contributed by atoms with Gasteiger partial charge in [-0.05, 0) is 103 Å². The van der Waals surface area contributed by atoms with Crippen LogP contribution >= 0.6 is 0 Å². The molecule has 1 saturated heterocycles. The van der Waals surface area contributed by atoms with Gasteiger partial charge in [0, 0.05) is 25.2 Å². The lowest BCUT2D eigenvalue weighted by molar-refractivity contribution is -0.346. The highest BCUT2D eigenvalue weighted by Crippen LogP contribution is 2.64. The molecule has 4 aliphatic carbocycles. The quantitative estimate of drug-likeness (QED) is 0.0845. The van der Waals surface area contributed by atoms with Crippen molar-refractivity contribution in [3.05, 3.63) is 58.7 Å². The molecule has 5 aliphatic rings. The molecule has 1 unspecified atom stereocenters. The molecule has 3 saturated carbocycles. The average Bonchev–Trinajstić information content (AvgIpc) is 4.06. The predicted octanol–water partition coefficient (Wildman–Crippen LogP) is 6.84. The zero-order valence-electron chi connectivity index (χ0n) is 42.4. The van der Waals surface area contributed by atoms with Crippen molar-refractivity contribution in [3.63, 3.8) is 0 Å². The van der Waals surface area contributed by atoms with Gasteiger partial charge < -0.3 is 48.4 Å². The smallest absolute Gasteiger partial charge is 0.408 e. The third-order valence-corrected chi connectivity index (χ3v) is 19.7. The Balaban J connectivity index is 1.60. The van der Waals surface area contributed by atoms with Crippen molar-refractivity contribution in [2.24, 2.45) is 22.7 Å². The number of nitrogens with one attached hydrogen (secondary N) is 1. The number of fused-ring (bicyclic) bond motifs is 5. The number of ether oxygens (including phenoxy) is 6. The van der Waals surface area contributed by atoms with E-state index in [1.807, 2.05) is 33.9 Å². The molecular weight excluding hydrogens is 895 g/mol. The first-order valence-electron chi connectivity index (χ1n) is 23.7. The Labute approximate surface area is 401 Å². The summed E-state index contributed by atoms with van der Waals surface area (Å²) >= 11 is 0. The summed E-state index contributed by atoms with van der Waals surface area (Å²) in [6, 6.07) is 6.87. The molecule has 1 aromatic rings. The number of aliphatic hydroxyl groups is 2. The molecule has 0 spiro atoms. The minimum absolute atomic E-state index is 0.0822. The van der Waals surface area contributed by atoms with E-state index in [-0.39, 0.29) is 29.7 Å². The number of alkyl carbamates (subject to hydrolysis) is 1. The van der Waals surface area contributed by atoms with Gasteiger partial charge in [0.05, 0.1) is 41.6 Å². The van der Waals surface area contributed by atoms with Gasteiger partial charge in [0.1, 0.15) is 29.5 Å². The number of hydrogen-bond acceptors (Lipinski definition) is 15. The maximum absolute atomic E-state index is 15.9. The van der Waals surface area contributed by atoms with Crippen LogP contribution in [0, 0.1) is 22.7 Å². The minimum Gasteiger partial charge on any atom is -0.456 e. The fourth-order valence-electron chi connectivity index (χ4n) is 10.4. The summed E-state index contributed by atoms with van der Waals surface area (Å²) in [7, 11) is -2.89. The van der Waals surface area contributed by atoms with Crippen LogP contribution in [0.15, 0.2) is 53.1 Å². The summed E-state index contributed by atoms with van der Waals surface area (Å²) in [6.45, 7) is 25.8. The highest BCUT2D eigenvalue weighted by atomic mass is 28.4. The molecule has 376 valence electrons. The number of aliphatic hydroxyl groups excluding tert-OH is 1. The summed E-state index contributed by atoms with van der Waals surface area (Å²) in [5.74, 6) is -6.07. The monoisotopic (exact) mass is 967 g/mol. The standard InChI is InChI=1S/C51H73NO15Si/c1-27(2)23-32(52-45(59)66-46(5,6)7)37(67-68(14,15)47(8,9)10)44(58)62-33-25-51(60)41(64-43(57)30-19-17-16-18-20-30)39-49(13,34(54)24-35-50(39,26-61-35)65-29(4)53)40(55)38(63-42(56)31-21-22-31)36(28(33)3)48(51,11)12/h16-20,23,31-35,37-39,41,54,60H,21-22,24-26H2,1-15H3,(H,52,59)/t32-,33-,34-,35+,37?,38+,39-,41-,49+,50-,51+/m0/s1. The number of rotatable bonds is 12. The molecule has 3 N–H and O–H groups in total. The van der Waals surface area contributed by atoms with Crippen molar-refractivity contribution in [2.45, 2.75) is 193 Å². The van der Waals surface area contributed by atoms with Crippen LogP contribution in [0.1, 0.15) is 126 Å². The maximum atomic E-state index is 15.9. The van der Waals surface area contributed by atoms with Gasteiger partial charge in [-0.2, -0.15) is 0 Å². The molecule has 0 aromatic heterocycles. The van der Waals surface area contributed by atoms with E-state index in [4.69, 9.17) is 32.8 Å². The second-order valence-electron chi connectivity index (χ2n) is 23.0. The van der Waals surface area contributed by atoms with Gasteiger partial charge >= 0.3 is 30.0 Å². The number of carbonyl (C=O) groups excluding carboxylic acids is 6. The molecule has 6 rings (SSSR count). The van der Waals surface area contributed by atoms with E-state index in [2.05, 4.69) is 5.32 Å². The number of ketones is 1. The lowest BCUT2D eigenvalue weighted by atomic mass is 9.44. The van der Waals surface area contributed by atoms with E-state index in [1.54, 1.807) is 79.7 Å². The molecule has 16 nitrogen and oxygen atoms in total. The Morgan fingerprint density at radius 1 is 0.941 bits per heavy atom. The van der Waals surface area contributed by atoms with Gasteiger partial charge in [0.25, 0.3) is 0 Å². The molecule has 4 fully saturated rings. The van der Waals surface area contributed by atoms with Crippen LogP contribution in [-0.4, -0.2) is 120 Å². The Kier molecular flexibility index (Phi) is 14.3. The third-order valence-electron chi connectivity index (χ3n) is 15.3. The molecule has 2 bridgehead atoms. The van der Waals surface area contributed by atoms with Gasteiger partial charge in [-0.3, -0.25) is 14.4 Å². The zero-order valence-corrected chi connectivity index (χ0v) is 43.4. The van der Waals surface area contributed by atoms with Gasteiger partial charge in [-0.1, -0.05) is 64.5 Å². The van der Waals surface area contributed by atoms with Crippen LogP contribution in [0.25, 0.3) is 0 Å². The van der Waals surface area contributed by atoms with Crippen LogP contribution in [-0.2, 0) is 52.0 Å². The second kappa shape index (κ2) is 18.4. The number of allylic oxidation sites excluding steroid dienone is 1. The van der Waals surface area contributed by atoms with Crippen LogP contribution in [0.4, 0.5) is 4.79 Å². The van der Waals surface area contributed by atoms with E-state index in [1.165, 1.54) is 26.0 Å². The van der Waals surface area contributed by atoms with Crippen molar-refractivity contribution in [1.82, 2.24) is 5.32 Å². The molecule has 0 radical (unpaired) electrons. The van der Waals surface area contributed by atoms with E-state index < -0.39 is 138 Å². The Bertz CT molecular complexity index is 2230. The molecule has 1 heterocycles. The van der Waals surface area contributed by atoms with E-state index in [9.17, 15) is 29.4 Å². The van der Waals surface area contributed by atoms with Crippen molar-refractivity contribution < 1.29 is 71.8 Å². The summed E-state index contributed by atoms with van der Waals surface area (Å²) in [4.78, 5) is 86.2. The fourth-order valence-corrected chi connectivity index (χ4v) is 11.6. The fraction of sp³-hybridized carbons (Fsp3) is 0.686. The Morgan fingerprint density at radius 3 is 2.07 bits per heavy atom. The predicted molar refractivity (Wildman–Crippen MR) is 250 cm³/mol. The van der Waals surface area contributed by atoms with E-state index in [0.29, 0.717) is 12.8 Å². The van der Waals surface area contributed by atoms with Gasteiger partial charge in [-0.25, -0.2) is 14.4 Å². The van der Waals surface area contributed by atoms with Gasteiger partial charge in [0.2, 0.25) is 0 Å². The maximum Gasteiger partial charge on any atom is 0.408 e. The minimum atomic E-state index is -2.89. The van der Waals surface area contributed by atoms with Crippen molar-refractivity contribution in [3.8, 4) is 0 Å². The van der Waals surface area contributed by atoms with Crippen molar-refractivity contribution in [1.29, 1.82) is 0 Å². The molecule has 1 aromatic carbocycles. The third kappa shape index (κ3) is 9.71. The van der Waals surface area contributed by atoms with Crippen LogP contribution in [0.2, 0.25) is 18.1 Å². The van der Waals surface area contributed by atoms with Gasteiger partial charge in [0.15, 0.2) is 31.9 Å². The number of esters is 4. The first-order valence-corrected chi connectivity index (χ1v) is 26.6. The lowest BCUT2D eigenvalue weighted by Gasteiger charge is -2.67. The zero-order chi connectivity index (χ0) is 50.9. The highest BCUT2D eigenvalue weighted by molar-refractivity contribution is 6.74. The number of hydrogen-bond donors (Lipinski definition) is 3. The summed E-state index contributed by atoms with van der Waals surface area (Å²) in [5, 5.41) is 28.7. The first-order chi connectivity index (χ1) is 31.2. The SMILES string of the molecule is CC(=O)O[C@@]12CO[C@@H]1C[C@H](O)[C@@]1(C)C(=O)[C@H](OC(=O)C3CC3)C3=C(C)[C@@H](OC(=O)C(O[Si](C)(C)C(C)(C)C)[C@H](C=C(C)C)NC(=O)OC(C)(C)C)C[C@@](O)([C@@H](OC(=O)c4ccccc4)[C@H]21)C3(C)C. The summed E-state index contributed by atoms with van der Waals surface area (Å²) in [6.07, 6.45) is -7.77. The molecule has 17 heteroatoms. The summed E-state index contributed by atoms with van der Waals surface area (Å²) < 4.78 is 44.0. The van der Waals surface area contributed by atoms with Crippen LogP contribution in [0.3, 0.4) is 0 Å². The normalized spacial score (nSPS) is 32.0. The molecular formula is C51H73NO15Si. The first kappa shape index (κ1) is 52.9. The number of Topliss-reactive ketones (excluding diaryl/α,β-unsaturated/α-hetero) is 1. The van der Waals surface area contributed by atoms with E-state index >= 15 is 9.59 Å². The average molecular weight is 968 g/mol. The number of benzene rings is 1. The molecule has 68 heavy (non-hydrogen) atoms. The topological polar surface area (TPSA) is 220 Å².